The molecule has 1 aromatic carbocycles. The molecule has 0 spiro atoms. The number of anilines is 1. The average molecular weight is 389 g/mol. The third-order valence-corrected chi connectivity index (χ3v) is 6.68. The predicted octanol–water partition coefficient (Wildman–Crippen LogP) is 0.778. The molecule has 142 valence electrons. The van der Waals surface area contributed by atoms with Crippen LogP contribution in [0.15, 0.2) is 39.8 Å². The summed E-state index contributed by atoms with van der Waals surface area (Å²) in [5.74, 6) is 0.901. The summed E-state index contributed by atoms with van der Waals surface area (Å²) < 4.78 is 34.0. The molecule has 0 unspecified atom stereocenters. The van der Waals surface area contributed by atoms with Crippen LogP contribution in [0.1, 0.15) is 11.5 Å². The molecule has 3 heterocycles. The molecule has 0 radical (unpaired) electrons. The van der Waals surface area contributed by atoms with E-state index < -0.39 is 10.0 Å². The fraction of sp³-hybridized carbons (Fsp3) is 0.375. The van der Waals surface area contributed by atoms with Crippen LogP contribution in [-0.2, 0) is 10.0 Å². The second-order valence-electron chi connectivity index (χ2n) is 6.27. The first-order valence-corrected chi connectivity index (χ1v) is 9.94. The normalized spacial score (nSPS) is 16.0. The van der Waals surface area contributed by atoms with Gasteiger partial charge < -0.3 is 9.42 Å². The maximum absolute atomic E-state index is 12.9. The van der Waals surface area contributed by atoms with Gasteiger partial charge in [-0.05, 0) is 36.4 Å². The van der Waals surface area contributed by atoms with E-state index in [1.165, 1.54) is 4.31 Å². The SMILES string of the molecule is Cc1noc(C)c1S(=O)(=O)N1CCN(c2nnnn2-c2ccccc2)CC1. The summed E-state index contributed by atoms with van der Waals surface area (Å²) in [6.07, 6.45) is 0. The Labute approximate surface area is 156 Å². The number of aryl methyl sites for hydroxylation is 2. The first-order chi connectivity index (χ1) is 13.0. The lowest BCUT2D eigenvalue weighted by Gasteiger charge is -2.33. The quantitative estimate of drug-likeness (QED) is 0.644. The van der Waals surface area contributed by atoms with Crippen molar-refractivity contribution in [3.05, 3.63) is 41.8 Å². The van der Waals surface area contributed by atoms with Crippen molar-refractivity contribution in [2.45, 2.75) is 18.7 Å². The molecule has 0 amide bonds. The number of benzene rings is 1. The molecule has 11 heteroatoms. The zero-order valence-corrected chi connectivity index (χ0v) is 15.8. The van der Waals surface area contributed by atoms with Crippen molar-refractivity contribution in [3.8, 4) is 5.69 Å². The molecule has 27 heavy (non-hydrogen) atoms. The Balaban J connectivity index is 1.53. The van der Waals surface area contributed by atoms with Gasteiger partial charge in [0.15, 0.2) is 5.76 Å². The van der Waals surface area contributed by atoms with E-state index in [2.05, 4.69) is 20.7 Å². The molecule has 0 N–H and O–H groups in total. The van der Waals surface area contributed by atoms with Crippen LogP contribution >= 0.6 is 0 Å². The number of piperazine rings is 1. The van der Waals surface area contributed by atoms with E-state index in [0.717, 1.165) is 5.69 Å². The van der Waals surface area contributed by atoms with Crippen molar-refractivity contribution in [2.75, 3.05) is 31.1 Å². The van der Waals surface area contributed by atoms with E-state index in [-0.39, 0.29) is 4.90 Å². The Morgan fingerprint density at radius 2 is 1.74 bits per heavy atom. The van der Waals surface area contributed by atoms with Gasteiger partial charge in [0.25, 0.3) is 0 Å². The summed E-state index contributed by atoms with van der Waals surface area (Å²) in [4.78, 5) is 2.14. The minimum Gasteiger partial charge on any atom is -0.360 e. The molecular weight excluding hydrogens is 370 g/mol. The van der Waals surface area contributed by atoms with Gasteiger partial charge in [0.2, 0.25) is 16.0 Å². The molecule has 10 nitrogen and oxygen atoms in total. The molecule has 0 bridgehead atoms. The van der Waals surface area contributed by atoms with Crippen LogP contribution in [0.3, 0.4) is 0 Å². The van der Waals surface area contributed by atoms with Gasteiger partial charge in [0.05, 0.1) is 5.69 Å². The molecule has 0 saturated carbocycles. The fourth-order valence-electron chi connectivity index (χ4n) is 3.22. The Morgan fingerprint density at radius 3 is 2.37 bits per heavy atom. The first-order valence-electron chi connectivity index (χ1n) is 8.50. The highest BCUT2D eigenvalue weighted by Crippen LogP contribution is 2.25. The van der Waals surface area contributed by atoms with Crippen molar-refractivity contribution in [1.29, 1.82) is 0 Å². The van der Waals surface area contributed by atoms with E-state index in [9.17, 15) is 8.42 Å². The van der Waals surface area contributed by atoms with Crippen LogP contribution in [0.2, 0.25) is 0 Å². The van der Waals surface area contributed by atoms with Crippen LogP contribution in [0.5, 0.6) is 0 Å². The molecule has 1 aliphatic rings. The number of hydrogen-bond acceptors (Lipinski definition) is 8. The Hall–Kier alpha value is -2.79. The summed E-state index contributed by atoms with van der Waals surface area (Å²) in [6, 6.07) is 9.58. The number of rotatable bonds is 4. The predicted molar refractivity (Wildman–Crippen MR) is 96.1 cm³/mol. The average Bonchev–Trinajstić information content (AvgIpc) is 3.29. The molecular formula is C16H19N7O3S. The lowest BCUT2D eigenvalue weighted by atomic mass is 10.3. The summed E-state index contributed by atoms with van der Waals surface area (Å²) >= 11 is 0. The smallest absolute Gasteiger partial charge is 0.250 e. The highest BCUT2D eigenvalue weighted by atomic mass is 32.2. The maximum atomic E-state index is 12.9. The van der Waals surface area contributed by atoms with Gasteiger partial charge in [-0.3, -0.25) is 0 Å². The molecule has 1 aliphatic heterocycles. The molecule has 1 saturated heterocycles. The van der Waals surface area contributed by atoms with Gasteiger partial charge >= 0.3 is 0 Å². The van der Waals surface area contributed by atoms with Crippen LogP contribution in [0.25, 0.3) is 5.69 Å². The molecule has 0 aliphatic carbocycles. The molecule has 0 atom stereocenters. The van der Waals surface area contributed by atoms with Crippen molar-refractivity contribution in [1.82, 2.24) is 29.7 Å². The van der Waals surface area contributed by atoms with Crippen LogP contribution in [0, 0.1) is 13.8 Å². The lowest BCUT2D eigenvalue weighted by Crippen LogP contribution is -2.49. The summed E-state index contributed by atoms with van der Waals surface area (Å²) in [6.45, 7) is 4.86. The number of hydrogen-bond donors (Lipinski definition) is 0. The Kier molecular flexibility index (Phi) is 4.40. The van der Waals surface area contributed by atoms with Crippen LogP contribution in [-0.4, -0.2) is 64.3 Å². The number of para-hydroxylation sites is 1. The number of sulfonamides is 1. The number of tetrazole rings is 1. The number of aromatic nitrogens is 5. The second kappa shape index (κ2) is 6.74. The van der Waals surface area contributed by atoms with Gasteiger partial charge in [-0.2, -0.15) is 8.99 Å². The molecule has 3 aromatic rings. The van der Waals surface area contributed by atoms with Crippen molar-refractivity contribution >= 4 is 16.0 Å². The van der Waals surface area contributed by atoms with E-state index in [1.807, 2.05) is 35.2 Å². The van der Waals surface area contributed by atoms with Gasteiger partial charge in [-0.25, -0.2) is 8.42 Å². The maximum Gasteiger partial charge on any atom is 0.250 e. The summed E-state index contributed by atoms with van der Waals surface area (Å²) in [7, 11) is -3.64. The standard InChI is InChI=1S/C16H19N7O3S/c1-12-15(13(2)26-18-12)27(24,25)22-10-8-21(9-11-22)16-17-19-20-23(16)14-6-4-3-5-7-14/h3-7H,8-11H2,1-2H3. The highest BCUT2D eigenvalue weighted by Gasteiger charge is 2.34. The van der Waals surface area contributed by atoms with Crippen LogP contribution < -0.4 is 4.90 Å². The first kappa shape index (κ1) is 17.6. The van der Waals surface area contributed by atoms with E-state index in [1.54, 1.807) is 18.5 Å². The molecule has 4 rings (SSSR count). The van der Waals surface area contributed by atoms with Crippen molar-refractivity contribution in [2.24, 2.45) is 0 Å². The third-order valence-electron chi connectivity index (χ3n) is 4.54. The molecule has 1 fully saturated rings. The summed E-state index contributed by atoms with van der Waals surface area (Å²) in [5, 5.41) is 15.7. The van der Waals surface area contributed by atoms with Crippen LogP contribution in [0.4, 0.5) is 5.95 Å². The van der Waals surface area contributed by atoms with Crippen molar-refractivity contribution < 1.29 is 12.9 Å². The fourth-order valence-corrected chi connectivity index (χ4v) is 4.93. The third kappa shape index (κ3) is 3.08. The van der Waals surface area contributed by atoms with E-state index in [0.29, 0.717) is 43.6 Å². The van der Waals surface area contributed by atoms with Gasteiger partial charge in [0, 0.05) is 26.2 Å². The monoisotopic (exact) mass is 389 g/mol. The van der Waals surface area contributed by atoms with Crippen molar-refractivity contribution in [3.63, 3.8) is 0 Å². The highest BCUT2D eigenvalue weighted by molar-refractivity contribution is 7.89. The van der Waals surface area contributed by atoms with Gasteiger partial charge in [0.1, 0.15) is 10.6 Å². The largest absolute Gasteiger partial charge is 0.360 e. The minimum absolute atomic E-state index is 0.157. The van der Waals surface area contributed by atoms with Gasteiger partial charge in [-0.1, -0.05) is 28.5 Å². The van der Waals surface area contributed by atoms with E-state index in [4.69, 9.17) is 4.52 Å². The Morgan fingerprint density at radius 1 is 1.04 bits per heavy atom. The number of nitrogens with zero attached hydrogens (tertiary/aromatic N) is 7. The second-order valence-corrected chi connectivity index (χ2v) is 8.15. The topological polar surface area (TPSA) is 110 Å². The summed E-state index contributed by atoms with van der Waals surface area (Å²) in [5.41, 5.74) is 1.23. The zero-order valence-electron chi connectivity index (χ0n) is 15.0. The lowest BCUT2D eigenvalue weighted by molar-refractivity contribution is 0.376. The zero-order chi connectivity index (χ0) is 19.0. The minimum atomic E-state index is -3.64. The van der Waals surface area contributed by atoms with Gasteiger partial charge in [-0.15, -0.1) is 0 Å². The van der Waals surface area contributed by atoms with E-state index >= 15 is 0 Å². The molecule has 2 aromatic heterocycles. The Bertz CT molecular complexity index is 1020.